The molecule has 158 valence electrons. The van der Waals surface area contributed by atoms with Crippen LogP contribution >= 0.6 is 11.3 Å². The Balaban J connectivity index is 1.44. The van der Waals surface area contributed by atoms with E-state index >= 15 is 0 Å². The van der Waals surface area contributed by atoms with Gasteiger partial charge in [-0.1, -0.05) is 51.5 Å². The maximum Gasteiger partial charge on any atom is 0.191 e. The molecule has 1 aliphatic heterocycles. The van der Waals surface area contributed by atoms with Crippen LogP contribution in [0.4, 0.5) is 0 Å². The lowest BCUT2D eigenvalue weighted by Gasteiger charge is -2.26. The minimum atomic E-state index is 0.100. The lowest BCUT2D eigenvalue weighted by atomic mass is 9.98. The molecule has 1 aromatic carbocycles. The van der Waals surface area contributed by atoms with Crippen LogP contribution in [0.2, 0.25) is 0 Å². The van der Waals surface area contributed by atoms with Gasteiger partial charge >= 0.3 is 0 Å². The zero-order valence-corrected chi connectivity index (χ0v) is 19.1. The van der Waals surface area contributed by atoms with E-state index in [1.165, 1.54) is 48.5 Å². The Hall–Kier alpha value is -1.92. The summed E-state index contributed by atoms with van der Waals surface area (Å²) in [7, 11) is 1.80. The van der Waals surface area contributed by atoms with Crippen molar-refractivity contribution >= 4 is 17.3 Å². The number of likely N-dealkylation sites (tertiary alicyclic amines) is 1. The summed E-state index contributed by atoms with van der Waals surface area (Å²) in [5.41, 5.74) is 3.82. The van der Waals surface area contributed by atoms with E-state index in [9.17, 15) is 0 Å². The van der Waals surface area contributed by atoms with E-state index < -0.39 is 0 Å². The molecule has 2 aromatic rings. The zero-order chi connectivity index (χ0) is 20.7. The highest BCUT2D eigenvalue weighted by Crippen LogP contribution is 2.25. The summed E-state index contributed by atoms with van der Waals surface area (Å²) in [6, 6.07) is 8.95. The maximum atomic E-state index is 4.73. The van der Waals surface area contributed by atoms with Crippen LogP contribution in [0.3, 0.4) is 0 Å². The third-order valence-corrected chi connectivity index (χ3v) is 6.51. The second-order valence-electron chi connectivity index (χ2n) is 8.83. The second-order valence-corrected chi connectivity index (χ2v) is 9.68. The summed E-state index contributed by atoms with van der Waals surface area (Å²) in [5.74, 6) is 0.799. The third-order valence-electron chi connectivity index (χ3n) is 5.19. The standard InChI is InChI=1S/C23H35N5S/c1-23(2,3)21-27-20(17-29-21)15-26-22(24-4)25-14-18-8-10-19(11-9-18)16-28-12-6-5-7-13-28/h8-11,17H,5-7,12-16H2,1-4H3,(H2,24,25,26). The molecule has 1 saturated heterocycles. The summed E-state index contributed by atoms with van der Waals surface area (Å²) in [6.45, 7) is 11.6. The first kappa shape index (κ1) is 21.8. The Morgan fingerprint density at radius 3 is 2.31 bits per heavy atom. The highest BCUT2D eigenvalue weighted by Gasteiger charge is 2.18. The molecule has 2 heterocycles. The number of hydrogen-bond acceptors (Lipinski definition) is 4. The molecule has 29 heavy (non-hydrogen) atoms. The molecule has 3 rings (SSSR count). The van der Waals surface area contributed by atoms with E-state index in [0.717, 1.165) is 24.7 Å². The van der Waals surface area contributed by atoms with Crippen molar-refractivity contribution in [3.63, 3.8) is 0 Å². The molecule has 0 bridgehead atoms. The molecular formula is C23H35N5S. The lowest BCUT2D eigenvalue weighted by molar-refractivity contribution is 0.221. The number of rotatable bonds is 6. The van der Waals surface area contributed by atoms with Gasteiger partial charge in [-0.25, -0.2) is 4.98 Å². The highest BCUT2D eigenvalue weighted by molar-refractivity contribution is 7.09. The van der Waals surface area contributed by atoms with Gasteiger partial charge < -0.3 is 10.6 Å². The van der Waals surface area contributed by atoms with Gasteiger partial charge in [0.05, 0.1) is 17.2 Å². The van der Waals surface area contributed by atoms with E-state index in [1.54, 1.807) is 18.4 Å². The first-order valence-corrected chi connectivity index (χ1v) is 11.5. The van der Waals surface area contributed by atoms with Crippen LogP contribution in [0.1, 0.15) is 61.9 Å². The molecule has 0 unspecified atom stereocenters. The van der Waals surface area contributed by atoms with Gasteiger partial charge in [0.1, 0.15) is 0 Å². The number of nitrogens with zero attached hydrogens (tertiary/aromatic N) is 3. The van der Waals surface area contributed by atoms with Crippen LogP contribution in [0.25, 0.3) is 0 Å². The molecule has 0 spiro atoms. The van der Waals surface area contributed by atoms with Crippen molar-refractivity contribution in [2.45, 2.75) is 65.1 Å². The number of nitrogens with one attached hydrogen (secondary N) is 2. The first-order valence-electron chi connectivity index (χ1n) is 10.6. The van der Waals surface area contributed by atoms with E-state index in [2.05, 4.69) is 70.9 Å². The van der Waals surface area contributed by atoms with Crippen LogP contribution in [0, 0.1) is 0 Å². The Bertz CT molecular complexity index is 782. The average Bonchev–Trinajstić information content (AvgIpc) is 3.20. The number of hydrogen-bond donors (Lipinski definition) is 2. The zero-order valence-electron chi connectivity index (χ0n) is 18.3. The summed E-state index contributed by atoms with van der Waals surface area (Å²) in [6.07, 6.45) is 4.07. The SMILES string of the molecule is CN=C(NCc1ccc(CN2CCCCC2)cc1)NCc1csc(C(C)(C)C)n1. The van der Waals surface area contributed by atoms with Crippen molar-refractivity contribution in [3.05, 3.63) is 51.5 Å². The molecule has 0 aliphatic carbocycles. The quantitative estimate of drug-likeness (QED) is 0.548. The van der Waals surface area contributed by atoms with Gasteiger partial charge in [-0.05, 0) is 37.1 Å². The van der Waals surface area contributed by atoms with Crippen molar-refractivity contribution in [1.82, 2.24) is 20.5 Å². The van der Waals surface area contributed by atoms with Crippen molar-refractivity contribution < 1.29 is 0 Å². The van der Waals surface area contributed by atoms with Gasteiger partial charge in [0, 0.05) is 30.9 Å². The molecule has 0 atom stereocenters. The molecule has 0 radical (unpaired) electrons. The van der Waals surface area contributed by atoms with E-state index in [4.69, 9.17) is 4.98 Å². The number of aromatic nitrogens is 1. The fourth-order valence-corrected chi connectivity index (χ4v) is 4.36. The largest absolute Gasteiger partial charge is 0.352 e. The lowest BCUT2D eigenvalue weighted by Crippen LogP contribution is -2.36. The molecular weight excluding hydrogens is 378 g/mol. The number of guanidine groups is 1. The van der Waals surface area contributed by atoms with Crippen molar-refractivity contribution in [3.8, 4) is 0 Å². The Labute approximate surface area is 179 Å². The third kappa shape index (κ3) is 6.82. The summed E-state index contributed by atoms with van der Waals surface area (Å²) in [4.78, 5) is 11.6. The molecule has 2 N–H and O–H groups in total. The Kier molecular flexibility index (Phi) is 7.67. The predicted molar refractivity (Wildman–Crippen MR) is 123 cm³/mol. The average molecular weight is 414 g/mol. The highest BCUT2D eigenvalue weighted by atomic mass is 32.1. The van der Waals surface area contributed by atoms with Gasteiger partial charge in [0.25, 0.3) is 0 Å². The monoisotopic (exact) mass is 413 g/mol. The molecule has 1 aromatic heterocycles. The molecule has 6 heteroatoms. The van der Waals surface area contributed by atoms with Gasteiger partial charge in [-0.15, -0.1) is 11.3 Å². The maximum absolute atomic E-state index is 4.73. The number of thiazole rings is 1. The topological polar surface area (TPSA) is 52.6 Å². The minimum absolute atomic E-state index is 0.100. The van der Waals surface area contributed by atoms with E-state index in [1.807, 2.05) is 0 Å². The van der Waals surface area contributed by atoms with E-state index in [-0.39, 0.29) is 5.41 Å². The summed E-state index contributed by atoms with van der Waals surface area (Å²) >= 11 is 1.72. The molecule has 1 aliphatic rings. The minimum Gasteiger partial charge on any atom is -0.352 e. The van der Waals surface area contributed by atoms with Crippen LogP contribution in [0.15, 0.2) is 34.6 Å². The Morgan fingerprint density at radius 1 is 1.03 bits per heavy atom. The normalized spacial score (nSPS) is 16.1. The number of aliphatic imine (C=N–C) groups is 1. The second kappa shape index (κ2) is 10.2. The molecule has 0 amide bonds. The summed E-state index contributed by atoms with van der Waals surface area (Å²) < 4.78 is 0. The number of benzene rings is 1. The van der Waals surface area contributed by atoms with Gasteiger partial charge in [0.15, 0.2) is 5.96 Å². The van der Waals surface area contributed by atoms with Gasteiger partial charge in [-0.2, -0.15) is 0 Å². The summed E-state index contributed by atoms with van der Waals surface area (Å²) in [5, 5.41) is 10.1. The smallest absolute Gasteiger partial charge is 0.191 e. The Morgan fingerprint density at radius 2 is 1.69 bits per heavy atom. The van der Waals surface area contributed by atoms with E-state index in [0.29, 0.717) is 6.54 Å². The van der Waals surface area contributed by atoms with Crippen molar-refractivity contribution in [1.29, 1.82) is 0 Å². The van der Waals surface area contributed by atoms with Crippen LogP contribution in [-0.4, -0.2) is 36.0 Å². The predicted octanol–water partition coefficient (Wildman–Crippen LogP) is 4.29. The van der Waals surface area contributed by atoms with Crippen LogP contribution in [0.5, 0.6) is 0 Å². The van der Waals surface area contributed by atoms with Crippen LogP contribution in [-0.2, 0) is 25.0 Å². The van der Waals surface area contributed by atoms with Crippen LogP contribution < -0.4 is 10.6 Å². The van der Waals surface area contributed by atoms with Crippen molar-refractivity contribution in [2.24, 2.45) is 4.99 Å². The number of piperidine rings is 1. The molecule has 5 nitrogen and oxygen atoms in total. The van der Waals surface area contributed by atoms with Crippen molar-refractivity contribution in [2.75, 3.05) is 20.1 Å². The van der Waals surface area contributed by atoms with Gasteiger partial charge in [0.2, 0.25) is 0 Å². The molecule has 1 fully saturated rings. The van der Waals surface area contributed by atoms with Gasteiger partial charge in [-0.3, -0.25) is 9.89 Å². The fourth-order valence-electron chi connectivity index (χ4n) is 3.45. The fraction of sp³-hybridized carbons (Fsp3) is 0.565. The first-order chi connectivity index (χ1) is 13.9. The molecule has 0 saturated carbocycles.